The molecule has 0 spiro atoms. The molecule has 2 nitrogen and oxygen atoms in total. The molecule has 0 bridgehead atoms. The summed E-state index contributed by atoms with van der Waals surface area (Å²) in [5.74, 6) is 0. The monoisotopic (exact) mass is 296 g/mol. The lowest BCUT2D eigenvalue weighted by Gasteiger charge is -2.35. The highest BCUT2D eigenvalue weighted by Gasteiger charge is 2.21. The van der Waals surface area contributed by atoms with Gasteiger partial charge in [0.1, 0.15) is 0 Å². The number of hydrogen-bond donors (Lipinski definition) is 1. The second kappa shape index (κ2) is 5.98. The lowest BCUT2D eigenvalue weighted by Crippen LogP contribution is -2.45. The fraction of sp³-hybridized carbons (Fsp3) is 0.571. The van der Waals surface area contributed by atoms with Crippen LogP contribution in [0, 0.1) is 6.92 Å². The molecule has 1 aromatic rings. The molecule has 1 aromatic carbocycles. The van der Waals surface area contributed by atoms with Gasteiger partial charge in [-0.25, -0.2) is 0 Å². The van der Waals surface area contributed by atoms with E-state index in [1.54, 1.807) is 0 Å². The smallest absolute Gasteiger partial charge is 0.0349 e. The topological polar surface area (TPSA) is 15.3 Å². The Morgan fingerprint density at radius 2 is 2.06 bits per heavy atom. The molecule has 17 heavy (non-hydrogen) atoms. The first-order valence-corrected chi connectivity index (χ1v) is 7.22. The largest absolute Gasteiger partial charge is 0.314 e. The standard InChI is InChI=1S/C14H21BrN2/c1-3-14(17-8-6-16-7-9-17)13-5-4-12(15)10-11(13)2/h4-5,10,14,16H,3,6-9H2,1-2H3. The Morgan fingerprint density at radius 1 is 1.35 bits per heavy atom. The Kier molecular flexibility index (Phi) is 4.60. The van der Waals surface area contributed by atoms with Crippen molar-refractivity contribution >= 4 is 15.9 Å². The lowest BCUT2D eigenvalue weighted by atomic mass is 9.97. The number of nitrogens with zero attached hydrogens (tertiary/aromatic N) is 1. The lowest BCUT2D eigenvalue weighted by molar-refractivity contribution is 0.169. The van der Waals surface area contributed by atoms with Crippen LogP contribution in [0.25, 0.3) is 0 Å². The minimum Gasteiger partial charge on any atom is -0.314 e. The molecule has 1 aliphatic heterocycles. The average molecular weight is 297 g/mol. The third-order valence-corrected chi connectivity index (χ3v) is 4.06. The molecule has 1 unspecified atom stereocenters. The third-order valence-electron chi connectivity index (χ3n) is 3.57. The Labute approximate surface area is 113 Å². The Balaban J connectivity index is 2.21. The van der Waals surface area contributed by atoms with Crippen LogP contribution in [0.5, 0.6) is 0 Å². The van der Waals surface area contributed by atoms with Gasteiger partial charge in [0, 0.05) is 36.7 Å². The first kappa shape index (κ1) is 13.1. The number of halogens is 1. The van der Waals surface area contributed by atoms with Crippen molar-refractivity contribution in [3.63, 3.8) is 0 Å². The van der Waals surface area contributed by atoms with Gasteiger partial charge in [0.05, 0.1) is 0 Å². The van der Waals surface area contributed by atoms with Gasteiger partial charge in [-0.1, -0.05) is 28.9 Å². The molecule has 1 heterocycles. The molecule has 0 saturated carbocycles. The zero-order valence-corrected chi connectivity index (χ0v) is 12.3. The van der Waals surface area contributed by atoms with E-state index < -0.39 is 0 Å². The van der Waals surface area contributed by atoms with E-state index in [-0.39, 0.29) is 0 Å². The molecule has 3 heteroatoms. The summed E-state index contributed by atoms with van der Waals surface area (Å²) >= 11 is 3.54. The van der Waals surface area contributed by atoms with Crippen molar-refractivity contribution < 1.29 is 0 Å². The molecule has 0 radical (unpaired) electrons. The molecule has 1 fully saturated rings. The van der Waals surface area contributed by atoms with Gasteiger partial charge in [0.15, 0.2) is 0 Å². The summed E-state index contributed by atoms with van der Waals surface area (Å²) < 4.78 is 1.17. The van der Waals surface area contributed by atoms with Crippen molar-refractivity contribution in [2.75, 3.05) is 26.2 Å². The van der Waals surface area contributed by atoms with E-state index in [0.29, 0.717) is 6.04 Å². The van der Waals surface area contributed by atoms with E-state index in [1.165, 1.54) is 22.0 Å². The molecular formula is C14H21BrN2. The number of rotatable bonds is 3. The van der Waals surface area contributed by atoms with Crippen LogP contribution >= 0.6 is 15.9 Å². The van der Waals surface area contributed by atoms with Gasteiger partial charge in [-0.2, -0.15) is 0 Å². The molecule has 0 amide bonds. The zero-order valence-electron chi connectivity index (χ0n) is 10.7. The van der Waals surface area contributed by atoms with Crippen LogP contribution in [0.15, 0.2) is 22.7 Å². The van der Waals surface area contributed by atoms with E-state index in [4.69, 9.17) is 0 Å². The number of hydrogen-bond acceptors (Lipinski definition) is 2. The minimum absolute atomic E-state index is 0.574. The van der Waals surface area contributed by atoms with E-state index in [9.17, 15) is 0 Å². The van der Waals surface area contributed by atoms with Gasteiger partial charge in [-0.15, -0.1) is 0 Å². The van der Waals surface area contributed by atoms with Crippen molar-refractivity contribution in [2.45, 2.75) is 26.3 Å². The Bertz CT molecular complexity index is 372. The van der Waals surface area contributed by atoms with Crippen molar-refractivity contribution in [2.24, 2.45) is 0 Å². The summed E-state index contributed by atoms with van der Waals surface area (Å²) in [6.07, 6.45) is 1.18. The highest BCUT2D eigenvalue weighted by molar-refractivity contribution is 9.10. The van der Waals surface area contributed by atoms with Gasteiger partial charge < -0.3 is 5.32 Å². The first-order chi connectivity index (χ1) is 8.22. The van der Waals surface area contributed by atoms with Crippen LogP contribution in [-0.4, -0.2) is 31.1 Å². The Hall–Kier alpha value is -0.380. The minimum atomic E-state index is 0.574. The van der Waals surface area contributed by atoms with Crippen LogP contribution in [0.4, 0.5) is 0 Å². The number of aryl methyl sites for hydroxylation is 1. The highest BCUT2D eigenvalue weighted by Crippen LogP contribution is 2.28. The fourth-order valence-electron chi connectivity index (χ4n) is 2.68. The predicted octanol–water partition coefficient (Wildman–Crippen LogP) is 3.11. The zero-order chi connectivity index (χ0) is 12.3. The van der Waals surface area contributed by atoms with Gasteiger partial charge in [-0.05, 0) is 36.6 Å². The highest BCUT2D eigenvalue weighted by atomic mass is 79.9. The summed E-state index contributed by atoms with van der Waals surface area (Å²) in [5.41, 5.74) is 2.88. The van der Waals surface area contributed by atoms with E-state index in [1.807, 2.05) is 0 Å². The first-order valence-electron chi connectivity index (χ1n) is 6.43. The van der Waals surface area contributed by atoms with Crippen molar-refractivity contribution in [1.82, 2.24) is 10.2 Å². The van der Waals surface area contributed by atoms with Gasteiger partial charge in [-0.3, -0.25) is 4.90 Å². The van der Waals surface area contributed by atoms with Gasteiger partial charge >= 0.3 is 0 Å². The maximum Gasteiger partial charge on any atom is 0.0349 e. The maximum atomic E-state index is 3.54. The molecule has 94 valence electrons. The third kappa shape index (κ3) is 3.09. The van der Waals surface area contributed by atoms with E-state index in [2.05, 4.69) is 58.2 Å². The molecule has 2 rings (SSSR count). The summed E-state index contributed by atoms with van der Waals surface area (Å²) in [6, 6.07) is 7.23. The van der Waals surface area contributed by atoms with Crippen molar-refractivity contribution in [3.8, 4) is 0 Å². The Morgan fingerprint density at radius 3 is 2.65 bits per heavy atom. The number of nitrogens with one attached hydrogen (secondary N) is 1. The van der Waals surface area contributed by atoms with Crippen molar-refractivity contribution in [1.29, 1.82) is 0 Å². The molecule has 1 N–H and O–H groups in total. The molecule has 1 aliphatic rings. The quantitative estimate of drug-likeness (QED) is 0.922. The van der Waals surface area contributed by atoms with Crippen LogP contribution in [0.2, 0.25) is 0 Å². The normalized spacial score (nSPS) is 19.2. The van der Waals surface area contributed by atoms with Crippen molar-refractivity contribution in [3.05, 3.63) is 33.8 Å². The number of piperazine rings is 1. The van der Waals surface area contributed by atoms with Crippen LogP contribution in [0.1, 0.15) is 30.5 Å². The van der Waals surface area contributed by atoms with Crippen LogP contribution in [-0.2, 0) is 0 Å². The summed E-state index contributed by atoms with van der Waals surface area (Å²) in [4.78, 5) is 2.60. The predicted molar refractivity (Wildman–Crippen MR) is 76.4 cm³/mol. The fourth-order valence-corrected chi connectivity index (χ4v) is 3.16. The molecule has 0 aromatic heterocycles. The molecular weight excluding hydrogens is 276 g/mol. The van der Waals surface area contributed by atoms with Crippen LogP contribution in [0.3, 0.4) is 0 Å². The van der Waals surface area contributed by atoms with Gasteiger partial charge in [0.2, 0.25) is 0 Å². The molecule has 1 atom stereocenters. The average Bonchev–Trinajstić information content (AvgIpc) is 2.34. The maximum absolute atomic E-state index is 3.54. The molecule has 0 aliphatic carbocycles. The summed E-state index contributed by atoms with van der Waals surface area (Å²) in [6.45, 7) is 9.05. The SMILES string of the molecule is CCC(c1ccc(Br)cc1C)N1CCNCC1. The molecule has 1 saturated heterocycles. The van der Waals surface area contributed by atoms with E-state index in [0.717, 1.165) is 26.2 Å². The van der Waals surface area contributed by atoms with E-state index >= 15 is 0 Å². The number of benzene rings is 1. The summed E-state index contributed by atoms with van der Waals surface area (Å²) in [5, 5.41) is 3.42. The van der Waals surface area contributed by atoms with Crippen LogP contribution < -0.4 is 5.32 Å². The van der Waals surface area contributed by atoms with Gasteiger partial charge in [0.25, 0.3) is 0 Å². The second-order valence-electron chi connectivity index (χ2n) is 4.71. The second-order valence-corrected chi connectivity index (χ2v) is 5.63. The summed E-state index contributed by atoms with van der Waals surface area (Å²) in [7, 11) is 0.